The van der Waals surface area contributed by atoms with Crippen LogP contribution in [0, 0.1) is 0 Å². The van der Waals surface area contributed by atoms with Gasteiger partial charge in [0.2, 0.25) is 5.13 Å². The van der Waals surface area contributed by atoms with E-state index in [9.17, 15) is 4.79 Å². The standard InChI is InChI=1S/C17H23N5O2S/c23-16(21-17-22-20-12-25-17)13-7-8-15(19-11-13)18-9-10-24-14-5-3-1-2-4-6-14/h7-8,11-12,14H,1-6,9-10H2,(H,18,19)(H,21,22,23). The normalized spacial score (nSPS) is 15.5. The van der Waals surface area contributed by atoms with Crippen LogP contribution in [0.25, 0.3) is 0 Å². The molecule has 0 saturated heterocycles. The summed E-state index contributed by atoms with van der Waals surface area (Å²) in [5.74, 6) is 0.490. The quantitative estimate of drug-likeness (QED) is 0.581. The highest BCUT2D eigenvalue weighted by Crippen LogP contribution is 2.19. The third-order valence-electron chi connectivity index (χ3n) is 4.17. The van der Waals surface area contributed by atoms with Gasteiger partial charge in [-0.05, 0) is 25.0 Å². The van der Waals surface area contributed by atoms with Crippen molar-refractivity contribution in [2.24, 2.45) is 0 Å². The third kappa shape index (κ3) is 5.75. The number of amides is 1. The van der Waals surface area contributed by atoms with E-state index < -0.39 is 0 Å². The van der Waals surface area contributed by atoms with Crippen LogP contribution in [0.1, 0.15) is 48.9 Å². The summed E-state index contributed by atoms with van der Waals surface area (Å²) in [5.41, 5.74) is 2.05. The van der Waals surface area contributed by atoms with Gasteiger partial charge in [0.1, 0.15) is 11.3 Å². The predicted molar refractivity (Wildman–Crippen MR) is 98.0 cm³/mol. The Kier molecular flexibility index (Phi) is 6.70. The van der Waals surface area contributed by atoms with Crippen LogP contribution < -0.4 is 10.6 Å². The van der Waals surface area contributed by atoms with Crippen LogP contribution in [0.15, 0.2) is 23.8 Å². The molecule has 7 nitrogen and oxygen atoms in total. The van der Waals surface area contributed by atoms with Gasteiger partial charge in [-0.25, -0.2) is 4.98 Å². The minimum absolute atomic E-state index is 0.243. The second kappa shape index (κ2) is 9.43. The second-order valence-electron chi connectivity index (χ2n) is 6.04. The summed E-state index contributed by atoms with van der Waals surface area (Å²) in [7, 11) is 0. The number of anilines is 2. The highest BCUT2D eigenvalue weighted by molar-refractivity contribution is 7.13. The summed E-state index contributed by atoms with van der Waals surface area (Å²) in [6.07, 6.45) is 9.53. The molecule has 8 heteroatoms. The lowest BCUT2D eigenvalue weighted by molar-refractivity contribution is 0.0501. The van der Waals surface area contributed by atoms with Gasteiger partial charge >= 0.3 is 0 Å². The maximum atomic E-state index is 12.0. The number of nitrogens with zero attached hydrogens (tertiary/aromatic N) is 3. The van der Waals surface area contributed by atoms with E-state index in [0.717, 1.165) is 5.82 Å². The Morgan fingerprint density at radius 2 is 2.08 bits per heavy atom. The lowest BCUT2D eigenvalue weighted by Gasteiger charge is -2.15. The molecular weight excluding hydrogens is 338 g/mol. The van der Waals surface area contributed by atoms with Crippen molar-refractivity contribution in [2.75, 3.05) is 23.8 Å². The first-order valence-corrected chi connectivity index (χ1v) is 9.58. The Morgan fingerprint density at radius 3 is 2.76 bits per heavy atom. The molecule has 0 atom stereocenters. The van der Waals surface area contributed by atoms with Crippen LogP contribution in [0.2, 0.25) is 0 Å². The van der Waals surface area contributed by atoms with E-state index >= 15 is 0 Å². The van der Waals surface area contributed by atoms with Gasteiger partial charge in [-0.1, -0.05) is 37.0 Å². The predicted octanol–water partition coefficient (Wildman–Crippen LogP) is 3.34. The SMILES string of the molecule is O=C(Nc1nncs1)c1ccc(NCCOC2CCCCCC2)nc1. The molecule has 1 aliphatic carbocycles. The molecule has 2 aromatic heterocycles. The van der Waals surface area contributed by atoms with Crippen molar-refractivity contribution in [2.45, 2.75) is 44.6 Å². The zero-order valence-electron chi connectivity index (χ0n) is 14.1. The molecular formula is C17H23N5O2S. The van der Waals surface area contributed by atoms with Crippen LogP contribution in [0.5, 0.6) is 0 Å². The van der Waals surface area contributed by atoms with E-state index in [0.29, 0.717) is 30.0 Å². The molecule has 0 bridgehead atoms. The average molecular weight is 361 g/mol. The van der Waals surface area contributed by atoms with Crippen LogP contribution in [-0.4, -0.2) is 40.3 Å². The van der Waals surface area contributed by atoms with Gasteiger partial charge in [-0.3, -0.25) is 10.1 Å². The van der Waals surface area contributed by atoms with Gasteiger partial charge in [0.15, 0.2) is 0 Å². The van der Waals surface area contributed by atoms with E-state index in [2.05, 4.69) is 25.8 Å². The van der Waals surface area contributed by atoms with Crippen molar-refractivity contribution in [1.82, 2.24) is 15.2 Å². The zero-order valence-corrected chi connectivity index (χ0v) is 14.9. The Labute approximate surface area is 151 Å². The highest BCUT2D eigenvalue weighted by atomic mass is 32.1. The molecule has 0 unspecified atom stereocenters. The molecule has 1 amide bonds. The van der Waals surface area contributed by atoms with E-state index in [4.69, 9.17) is 4.74 Å². The Hall–Kier alpha value is -2.06. The largest absolute Gasteiger partial charge is 0.376 e. The summed E-state index contributed by atoms with van der Waals surface area (Å²) in [4.78, 5) is 16.3. The number of carbonyl (C=O) groups is 1. The van der Waals surface area contributed by atoms with Gasteiger partial charge in [-0.2, -0.15) is 0 Å². The second-order valence-corrected chi connectivity index (χ2v) is 6.87. The molecule has 2 N–H and O–H groups in total. The smallest absolute Gasteiger partial charge is 0.259 e. The summed E-state index contributed by atoms with van der Waals surface area (Å²) < 4.78 is 5.94. The minimum Gasteiger partial charge on any atom is -0.376 e. The fourth-order valence-corrected chi connectivity index (χ4v) is 3.28. The number of hydrogen-bond donors (Lipinski definition) is 2. The van der Waals surface area contributed by atoms with Crippen molar-refractivity contribution >= 4 is 28.2 Å². The molecule has 1 aliphatic rings. The molecule has 0 radical (unpaired) electrons. The van der Waals surface area contributed by atoms with Gasteiger partial charge in [0, 0.05) is 12.7 Å². The Balaban J connectivity index is 1.39. The van der Waals surface area contributed by atoms with E-state index in [1.807, 2.05) is 0 Å². The topological polar surface area (TPSA) is 89.0 Å². The summed E-state index contributed by atoms with van der Waals surface area (Å²) in [5, 5.41) is 13.8. The number of aromatic nitrogens is 3. The molecule has 0 aromatic carbocycles. The molecule has 1 saturated carbocycles. The molecule has 0 aliphatic heterocycles. The first kappa shape index (κ1) is 17.8. The van der Waals surface area contributed by atoms with E-state index in [1.54, 1.807) is 23.8 Å². The van der Waals surface area contributed by atoms with Gasteiger partial charge in [-0.15, -0.1) is 10.2 Å². The number of ether oxygens (including phenoxy) is 1. The van der Waals surface area contributed by atoms with Crippen LogP contribution in [0.3, 0.4) is 0 Å². The third-order valence-corrected chi connectivity index (χ3v) is 4.78. The van der Waals surface area contributed by atoms with Crippen LogP contribution >= 0.6 is 11.3 Å². The molecule has 2 aromatic rings. The van der Waals surface area contributed by atoms with E-state index in [-0.39, 0.29) is 5.91 Å². The molecule has 1 fully saturated rings. The number of nitrogens with one attached hydrogen (secondary N) is 2. The minimum atomic E-state index is -0.243. The summed E-state index contributed by atoms with van der Waals surface area (Å²) >= 11 is 1.27. The molecule has 134 valence electrons. The summed E-state index contributed by atoms with van der Waals surface area (Å²) in [6, 6.07) is 3.53. The zero-order chi connectivity index (χ0) is 17.3. The average Bonchev–Trinajstić information content (AvgIpc) is 3.00. The van der Waals surface area contributed by atoms with Gasteiger partial charge in [0.25, 0.3) is 5.91 Å². The van der Waals surface area contributed by atoms with Crippen molar-refractivity contribution in [3.8, 4) is 0 Å². The maximum Gasteiger partial charge on any atom is 0.259 e. The van der Waals surface area contributed by atoms with Crippen molar-refractivity contribution in [3.05, 3.63) is 29.4 Å². The molecule has 3 rings (SSSR count). The van der Waals surface area contributed by atoms with Crippen molar-refractivity contribution in [3.63, 3.8) is 0 Å². The molecule has 25 heavy (non-hydrogen) atoms. The van der Waals surface area contributed by atoms with Crippen LogP contribution in [0.4, 0.5) is 10.9 Å². The lowest BCUT2D eigenvalue weighted by Crippen LogP contribution is -2.18. The fraction of sp³-hybridized carbons (Fsp3) is 0.529. The maximum absolute atomic E-state index is 12.0. The number of pyridine rings is 1. The Bertz CT molecular complexity index is 640. The number of rotatable bonds is 7. The first-order chi connectivity index (χ1) is 12.3. The van der Waals surface area contributed by atoms with Crippen molar-refractivity contribution in [1.29, 1.82) is 0 Å². The highest BCUT2D eigenvalue weighted by Gasteiger charge is 2.12. The summed E-state index contributed by atoms with van der Waals surface area (Å²) in [6.45, 7) is 1.38. The van der Waals surface area contributed by atoms with Crippen LogP contribution in [-0.2, 0) is 4.74 Å². The monoisotopic (exact) mass is 361 g/mol. The van der Waals surface area contributed by atoms with Gasteiger partial charge < -0.3 is 10.1 Å². The number of hydrogen-bond acceptors (Lipinski definition) is 7. The lowest BCUT2D eigenvalue weighted by atomic mass is 10.1. The van der Waals surface area contributed by atoms with Gasteiger partial charge in [0.05, 0.1) is 18.3 Å². The molecule has 2 heterocycles. The van der Waals surface area contributed by atoms with Crippen molar-refractivity contribution < 1.29 is 9.53 Å². The molecule has 0 spiro atoms. The fourth-order valence-electron chi connectivity index (χ4n) is 2.84. The number of carbonyl (C=O) groups excluding carboxylic acids is 1. The Morgan fingerprint density at radius 1 is 1.24 bits per heavy atom. The first-order valence-electron chi connectivity index (χ1n) is 8.70. The van der Waals surface area contributed by atoms with E-state index in [1.165, 1.54) is 49.9 Å².